The standard InChI is InChI=1S/C14H14FN3O4/c1-20-12-7-13(21-2)18-14(17-12)16-11(19)8-22-10-6-4-3-5-9(10)15/h3-7H,8H2,1-2H3,(H,16,17,18,19). The van der Waals surface area contributed by atoms with Crippen molar-refractivity contribution < 1.29 is 23.4 Å². The van der Waals surface area contributed by atoms with E-state index in [0.29, 0.717) is 0 Å². The number of para-hydroxylation sites is 1. The van der Waals surface area contributed by atoms with Gasteiger partial charge in [-0.25, -0.2) is 4.39 Å². The van der Waals surface area contributed by atoms with E-state index >= 15 is 0 Å². The van der Waals surface area contributed by atoms with Gasteiger partial charge in [-0.2, -0.15) is 9.97 Å². The second-order valence-electron chi connectivity index (χ2n) is 4.04. The Morgan fingerprint density at radius 2 is 1.82 bits per heavy atom. The van der Waals surface area contributed by atoms with Gasteiger partial charge >= 0.3 is 0 Å². The Labute approximate surface area is 126 Å². The summed E-state index contributed by atoms with van der Waals surface area (Å²) in [4.78, 5) is 19.7. The molecule has 1 heterocycles. The van der Waals surface area contributed by atoms with Gasteiger partial charge in [0.2, 0.25) is 17.7 Å². The van der Waals surface area contributed by atoms with E-state index in [-0.39, 0.29) is 30.1 Å². The Bertz CT molecular complexity index is 644. The smallest absolute Gasteiger partial charge is 0.264 e. The van der Waals surface area contributed by atoms with Crippen LogP contribution in [0.15, 0.2) is 30.3 Å². The molecule has 0 saturated heterocycles. The van der Waals surface area contributed by atoms with Crippen LogP contribution in [0.5, 0.6) is 17.5 Å². The molecule has 2 aromatic rings. The fraction of sp³-hybridized carbons (Fsp3) is 0.214. The summed E-state index contributed by atoms with van der Waals surface area (Å²) in [6.07, 6.45) is 0. The Hall–Kier alpha value is -2.90. The van der Waals surface area contributed by atoms with Gasteiger partial charge in [-0.1, -0.05) is 12.1 Å². The predicted octanol–water partition coefficient (Wildman–Crippen LogP) is 1.65. The summed E-state index contributed by atoms with van der Waals surface area (Å²) in [6, 6.07) is 7.26. The van der Waals surface area contributed by atoms with Gasteiger partial charge in [0.1, 0.15) is 0 Å². The van der Waals surface area contributed by atoms with Crippen LogP contribution in [0.25, 0.3) is 0 Å². The minimum absolute atomic E-state index is 0.00154. The topological polar surface area (TPSA) is 82.6 Å². The van der Waals surface area contributed by atoms with Gasteiger partial charge in [-0.15, -0.1) is 0 Å². The molecule has 8 heteroatoms. The number of methoxy groups -OCH3 is 2. The monoisotopic (exact) mass is 307 g/mol. The van der Waals surface area contributed by atoms with E-state index in [4.69, 9.17) is 14.2 Å². The van der Waals surface area contributed by atoms with Crippen molar-refractivity contribution in [2.24, 2.45) is 0 Å². The molecule has 0 aliphatic heterocycles. The maximum Gasteiger partial charge on any atom is 0.264 e. The summed E-state index contributed by atoms with van der Waals surface area (Å²) in [5.41, 5.74) is 0. The fourth-order valence-electron chi connectivity index (χ4n) is 1.53. The lowest BCUT2D eigenvalue weighted by molar-refractivity contribution is -0.118. The molecule has 1 N–H and O–H groups in total. The molecular weight excluding hydrogens is 293 g/mol. The maximum atomic E-state index is 13.3. The van der Waals surface area contributed by atoms with Crippen LogP contribution in [0.2, 0.25) is 0 Å². The number of carbonyl (C=O) groups is 1. The van der Waals surface area contributed by atoms with Crippen LogP contribution in [0.1, 0.15) is 0 Å². The summed E-state index contributed by atoms with van der Waals surface area (Å²) in [6.45, 7) is -0.385. The van der Waals surface area contributed by atoms with Crippen molar-refractivity contribution in [3.05, 3.63) is 36.1 Å². The third kappa shape index (κ3) is 4.05. The maximum absolute atomic E-state index is 13.3. The molecule has 1 amide bonds. The third-order valence-corrected chi connectivity index (χ3v) is 2.54. The minimum Gasteiger partial charge on any atom is -0.481 e. The molecule has 7 nitrogen and oxygen atoms in total. The molecule has 22 heavy (non-hydrogen) atoms. The van der Waals surface area contributed by atoms with Crippen molar-refractivity contribution in [3.8, 4) is 17.5 Å². The fourth-order valence-corrected chi connectivity index (χ4v) is 1.53. The van der Waals surface area contributed by atoms with Gasteiger partial charge in [0.25, 0.3) is 5.91 Å². The largest absolute Gasteiger partial charge is 0.481 e. The van der Waals surface area contributed by atoms with Crippen LogP contribution in [0.3, 0.4) is 0 Å². The average molecular weight is 307 g/mol. The first-order chi connectivity index (χ1) is 10.6. The van der Waals surface area contributed by atoms with Gasteiger partial charge in [-0.3, -0.25) is 10.1 Å². The van der Waals surface area contributed by atoms with Gasteiger partial charge in [0, 0.05) is 0 Å². The van der Waals surface area contributed by atoms with Crippen LogP contribution < -0.4 is 19.5 Å². The predicted molar refractivity (Wildman–Crippen MR) is 75.7 cm³/mol. The lowest BCUT2D eigenvalue weighted by Crippen LogP contribution is -2.22. The molecule has 0 aliphatic carbocycles. The number of aromatic nitrogens is 2. The third-order valence-electron chi connectivity index (χ3n) is 2.54. The van der Waals surface area contributed by atoms with E-state index in [0.717, 1.165) is 0 Å². The quantitative estimate of drug-likeness (QED) is 0.874. The highest BCUT2D eigenvalue weighted by Crippen LogP contribution is 2.18. The molecule has 1 aromatic heterocycles. The molecule has 0 saturated carbocycles. The highest BCUT2D eigenvalue weighted by atomic mass is 19.1. The molecule has 0 radical (unpaired) electrons. The molecule has 0 spiro atoms. The second-order valence-corrected chi connectivity index (χ2v) is 4.04. The van der Waals surface area contributed by atoms with Gasteiger partial charge < -0.3 is 14.2 Å². The zero-order valence-electron chi connectivity index (χ0n) is 12.0. The molecule has 1 aromatic carbocycles. The van der Waals surface area contributed by atoms with Crippen molar-refractivity contribution in [3.63, 3.8) is 0 Å². The molecular formula is C14H14FN3O4. The molecule has 0 bridgehead atoms. The SMILES string of the molecule is COc1cc(OC)nc(NC(=O)COc2ccccc2F)n1. The van der Waals surface area contributed by atoms with Gasteiger partial charge in [0.05, 0.1) is 20.3 Å². The van der Waals surface area contributed by atoms with Crippen LogP contribution in [-0.4, -0.2) is 36.7 Å². The first-order valence-electron chi connectivity index (χ1n) is 6.26. The van der Waals surface area contributed by atoms with E-state index < -0.39 is 11.7 Å². The highest BCUT2D eigenvalue weighted by molar-refractivity contribution is 5.90. The van der Waals surface area contributed by atoms with Crippen molar-refractivity contribution >= 4 is 11.9 Å². The molecule has 2 rings (SSSR count). The van der Waals surface area contributed by atoms with Crippen molar-refractivity contribution in [2.75, 3.05) is 26.1 Å². The summed E-state index contributed by atoms with van der Waals surface area (Å²) in [5.74, 6) is -0.636. The summed E-state index contributed by atoms with van der Waals surface area (Å²) < 4.78 is 28.4. The summed E-state index contributed by atoms with van der Waals surface area (Å²) in [5, 5.41) is 2.41. The van der Waals surface area contributed by atoms with E-state index in [1.165, 1.54) is 38.5 Å². The average Bonchev–Trinajstić information content (AvgIpc) is 2.53. The number of anilines is 1. The Balaban J connectivity index is 1.98. The van der Waals surface area contributed by atoms with Crippen molar-refractivity contribution in [1.82, 2.24) is 9.97 Å². The Kier molecular flexibility index (Phi) is 5.07. The number of nitrogens with zero attached hydrogens (tertiary/aromatic N) is 2. The van der Waals surface area contributed by atoms with Crippen molar-refractivity contribution in [2.45, 2.75) is 0 Å². The Morgan fingerprint density at radius 3 is 2.41 bits per heavy atom. The number of ether oxygens (including phenoxy) is 3. The molecule has 0 unspecified atom stereocenters. The number of benzene rings is 1. The van der Waals surface area contributed by atoms with E-state index in [1.807, 2.05) is 0 Å². The normalized spacial score (nSPS) is 9.95. The second kappa shape index (κ2) is 7.21. The zero-order valence-corrected chi connectivity index (χ0v) is 12.0. The number of carbonyl (C=O) groups excluding carboxylic acids is 1. The van der Waals surface area contributed by atoms with E-state index in [2.05, 4.69) is 15.3 Å². The first-order valence-corrected chi connectivity index (χ1v) is 6.26. The summed E-state index contributed by atoms with van der Waals surface area (Å²) >= 11 is 0. The lowest BCUT2D eigenvalue weighted by Gasteiger charge is -2.09. The zero-order chi connectivity index (χ0) is 15.9. The van der Waals surface area contributed by atoms with Crippen LogP contribution >= 0.6 is 0 Å². The van der Waals surface area contributed by atoms with Crippen molar-refractivity contribution in [1.29, 1.82) is 0 Å². The molecule has 0 atom stereocenters. The molecule has 0 fully saturated rings. The highest BCUT2D eigenvalue weighted by Gasteiger charge is 2.10. The summed E-state index contributed by atoms with van der Waals surface area (Å²) in [7, 11) is 2.85. The van der Waals surface area contributed by atoms with Gasteiger partial charge in [0.15, 0.2) is 18.2 Å². The molecule has 116 valence electrons. The number of hydrogen-bond acceptors (Lipinski definition) is 6. The Morgan fingerprint density at radius 1 is 1.18 bits per heavy atom. The van der Waals surface area contributed by atoms with Gasteiger partial charge in [-0.05, 0) is 12.1 Å². The number of hydrogen-bond donors (Lipinski definition) is 1. The van der Waals surface area contributed by atoms with E-state index in [9.17, 15) is 9.18 Å². The number of rotatable bonds is 6. The number of halogens is 1. The van der Waals surface area contributed by atoms with Crippen LogP contribution in [-0.2, 0) is 4.79 Å². The first kappa shape index (κ1) is 15.5. The molecule has 0 aliphatic rings. The lowest BCUT2D eigenvalue weighted by atomic mass is 10.3. The minimum atomic E-state index is -0.547. The number of nitrogens with one attached hydrogen (secondary N) is 1. The number of amides is 1. The van der Waals surface area contributed by atoms with Crippen LogP contribution in [0.4, 0.5) is 10.3 Å². The van der Waals surface area contributed by atoms with Crippen LogP contribution in [0, 0.1) is 5.82 Å². The van der Waals surface area contributed by atoms with E-state index in [1.54, 1.807) is 6.07 Å².